The molecule has 0 aliphatic heterocycles. The predicted octanol–water partition coefficient (Wildman–Crippen LogP) is 3.98. The van der Waals surface area contributed by atoms with Crippen molar-refractivity contribution in [3.05, 3.63) is 24.3 Å². The topological polar surface area (TPSA) is 76.1 Å². The Morgan fingerprint density at radius 3 is 2.05 bits per heavy atom. The highest BCUT2D eigenvalue weighted by Crippen LogP contribution is 2.03. The molecule has 0 aromatic heterocycles. The Morgan fingerprint density at radius 2 is 1.75 bits per heavy atom. The second-order valence-corrected chi connectivity index (χ2v) is 3.12. The highest BCUT2D eigenvalue weighted by atomic mass is 16.5. The minimum Gasteiger partial charge on any atom is -0.449 e. The second-order valence-electron chi connectivity index (χ2n) is 3.12. The summed E-state index contributed by atoms with van der Waals surface area (Å²) in [5.41, 5.74) is 6.54. The average Bonchev–Trinajstić information content (AvgIpc) is 2.49. The Morgan fingerprint density at radius 1 is 1.35 bits per heavy atom. The van der Waals surface area contributed by atoms with Gasteiger partial charge < -0.3 is 10.5 Å². The van der Waals surface area contributed by atoms with Crippen molar-refractivity contribution in [1.29, 1.82) is 5.26 Å². The summed E-state index contributed by atoms with van der Waals surface area (Å²) < 4.78 is 4.55. The van der Waals surface area contributed by atoms with E-state index in [2.05, 4.69) is 11.3 Å². The molecule has 0 amide bonds. The molecule has 0 saturated heterocycles. The zero-order valence-corrected chi connectivity index (χ0v) is 14.2. The van der Waals surface area contributed by atoms with Gasteiger partial charge in [0.1, 0.15) is 12.1 Å². The lowest BCUT2D eigenvalue weighted by Gasteiger charge is -2.09. The Labute approximate surface area is 125 Å². The van der Waals surface area contributed by atoms with E-state index in [-0.39, 0.29) is 6.61 Å². The van der Waals surface area contributed by atoms with Gasteiger partial charge in [-0.3, -0.25) is 4.79 Å². The normalized spacial score (nSPS) is 9.85. The molecule has 1 atom stereocenters. The van der Waals surface area contributed by atoms with Gasteiger partial charge >= 0.3 is 5.97 Å². The van der Waals surface area contributed by atoms with E-state index >= 15 is 0 Å². The van der Waals surface area contributed by atoms with Crippen molar-refractivity contribution in [3.8, 4) is 6.07 Å². The predicted molar refractivity (Wildman–Crippen MR) is 87.2 cm³/mol. The molecule has 0 fully saturated rings. The molecule has 0 aromatic carbocycles. The Kier molecular flexibility index (Phi) is 35.0. The number of carbonyl (C=O) groups is 1. The molecule has 0 rings (SSSR count). The molecule has 20 heavy (non-hydrogen) atoms. The molecule has 0 aliphatic rings. The number of hydrogen-bond acceptors (Lipinski definition) is 4. The van der Waals surface area contributed by atoms with E-state index in [0.717, 1.165) is 5.57 Å². The fourth-order valence-electron chi connectivity index (χ4n) is 0.759. The van der Waals surface area contributed by atoms with Crippen molar-refractivity contribution < 1.29 is 9.53 Å². The van der Waals surface area contributed by atoms with E-state index < -0.39 is 12.0 Å². The van der Waals surface area contributed by atoms with Gasteiger partial charge in [0.2, 0.25) is 0 Å². The quantitative estimate of drug-likeness (QED) is 0.625. The van der Waals surface area contributed by atoms with E-state index in [0.29, 0.717) is 6.42 Å². The number of nitrogens with zero attached hydrogens (tertiary/aromatic N) is 1. The fourth-order valence-corrected chi connectivity index (χ4v) is 0.759. The van der Waals surface area contributed by atoms with Gasteiger partial charge in [0.15, 0.2) is 6.61 Å². The minimum absolute atomic E-state index is 0.235. The Bertz CT molecular complexity index is 279. The van der Waals surface area contributed by atoms with E-state index in [1.165, 1.54) is 0 Å². The summed E-state index contributed by atoms with van der Waals surface area (Å²) in [4.78, 5) is 11.0. The van der Waals surface area contributed by atoms with Crippen LogP contribution in [0.15, 0.2) is 24.3 Å². The number of hydrogen-bond donors (Lipinski definition) is 1. The summed E-state index contributed by atoms with van der Waals surface area (Å²) >= 11 is 0. The summed E-state index contributed by atoms with van der Waals surface area (Å²) in [6, 6.07) is 1.05. The molecule has 118 valence electrons. The van der Waals surface area contributed by atoms with Crippen molar-refractivity contribution in [2.45, 2.75) is 60.9 Å². The molecule has 0 aliphatic carbocycles. The third-order valence-electron chi connectivity index (χ3n) is 1.62. The second kappa shape index (κ2) is 26.1. The zero-order valence-electron chi connectivity index (χ0n) is 14.2. The van der Waals surface area contributed by atoms with E-state index in [1.807, 2.05) is 54.5 Å². The van der Waals surface area contributed by atoms with E-state index in [1.54, 1.807) is 12.1 Å². The number of allylic oxidation sites excluding steroid dienone is 2. The van der Waals surface area contributed by atoms with E-state index in [9.17, 15) is 4.79 Å². The SMILES string of the molecule is C/C=C(\C)CC(N)C(=O)OCC#N.C=CC.CC.CC. The van der Waals surface area contributed by atoms with Crippen LogP contribution in [0.4, 0.5) is 0 Å². The van der Waals surface area contributed by atoms with Gasteiger partial charge in [0.05, 0.1) is 0 Å². The van der Waals surface area contributed by atoms with Crippen LogP contribution in [0.2, 0.25) is 0 Å². The van der Waals surface area contributed by atoms with Gasteiger partial charge in [-0.15, -0.1) is 6.58 Å². The first-order chi connectivity index (χ1) is 9.53. The molecular formula is C16H32N2O2. The van der Waals surface area contributed by atoms with Crippen LogP contribution in [-0.2, 0) is 9.53 Å². The van der Waals surface area contributed by atoms with Gasteiger partial charge in [-0.25, -0.2) is 0 Å². The number of carbonyl (C=O) groups excluding carboxylic acids is 1. The van der Waals surface area contributed by atoms with Gasteiger partial charge in [-0.1, -0.05) is 45.4 Å². The van der Waals surface area contributed by atoms with Gasteiger partial charge in [0.25, 0.3) is 0 Å². The number of ether oxygens (including phenoxy) is 1. The molecule has 4 nitrogen and oxygen atoms in total. The summed E-state index contributed by atoms with van der Waals surface area (Å²) in [6.45, 7) is 16.8. The van der Waals surface area contributed by atoms with Crippen LogP contribution in [0, 0.1) is 11.3 Å². The third kappa shape index (κ3) is 25.3. The molecule has 2 N–H and O–H groups in total. The molecule has 0 saturated carbocycles. The van der Waals surface area contributed by atoms with Crippen molar-refractivity contribution in [1.82, 2.24) is 0 Å². The van der Waals surface area contributed by atoms with Crippen molar-refractivity contribution in [2.24, 2.45) is 5.73 Å². The van der Waals surface area contributed by atoms with Crippen LogP contribution in [0.5, 0.6) is 0 Å². The van der Waals surface area contributed by atoms with Crippen LogP contribution in [-0.4, -0.2) is 18.6 Å². The average molecular weight is 284 g/mol. The lowest BCUT2D eigenvalue weighted by atomic mass is 10.1. The summed E-state index contributed by atoms with van der Waals surface area (Å²) in [5, 5.41) is 8.15. The zero-order chi connectivity index (χ0) is 17.0. The first-order valence-electron chi connectivity index (χ1n) is 7.01. The highest BCUT2D eigenvalue weighted by molar-refractivity contribution is 5.75. The molecule has 0 radical (unpaired) electrons. The van der Waals surface area contributed by atoms with Gasteiger partial charge in [-0.2, -0.15) is 5.26 Å². The van der Waals surface area contributed by atoms with Crippen LogP contribution in [0.25, 0.3) is 0 Å². The first-order valence-corrected chi connectivity index (χ1v) is 7.01. The van der Waals surface area contributed by atoms with Gasteiger partial charge in [0, 0.05) is 0 Å². The maximum Gasteiger partial charge on any atom is 0.324 e. The molecule has 1 unspecified atom stereocenters. The summed E-state index contributed by atoms with van der Waals surface area (Å²) in [5.74, 6) is -0.525. The minimum atomic E-state index is -0.662. The molecule has 0 heterocycles. The molecule has 0 aromatic rings. The van der Waals surface area contributed by atoms with Crippen LogP contribution < -0.4 is 5.73 Å². The van der Waals surface area contributed by atoms with Crippen molar-refractivity contribution in [2.75, 3.05) is 6.61 Å². The number of rotatable bonds is 4. The standard InChI is InChI=1S/C9H14N2O2.C3H6.2C2H6/c1-3-7(2)6-8(11)9(12)13-5-4-10;1-3-2;2*1-2/h3,8H,5-6,11H2,1-2H3;3H,1H2,2H3;2*1-2H3/b7-3+;;;. The number of nitriles is 1. The lowest BCUT2D eigenvalue weighted by molar-refractivity contribution is -0.143. The Balaban J connectivity index is -0.000000155. The maximum absolute atomic E-state index is 11.0. The van der Waals surface area contributed by atoms with Gasteiger partial charge in [-0.05, 0) is 27.2 Å². The largest absolute Gasteiger partial charge is 0.449 e. The van der Waals surface area contributed by atoms with Crippen LogP contribution >= 0.6 is 0 Å². The van der Waals surface area contributed by atoms with Crippen LogP contribution in [0.3, 0.4) is 0 Å². The first kappa shape index (κ1) is 26.9. The molecule has 0 bridgehead atoms. The molecule has 0 spiro atoms. The lowest BCUT2D eigenvalue weighted by Crippen LogP contribution is -2.32. The summed E-state index contributed by atoms with van der Waals surface area (Å²) in [6.07, 6.45) is 4.11. The van der Waals surface area contributed by atoms with Crippen molar-refractivity contribution in [3.63, 3.8) is 0 Å². The molecular weight excluding hydrogens is 252 g/mol. The number of nitrogens with two attached hydrogens (primary N) is 1. The van der Waals surface area contributed by atoms with Crippen molar-refractivity contribution >= 4 is 5.97 Å². The number of esters is 1. The molecule has 4 heteroatoms. The smallest absolute Gasteiger partial charge is 0.324 e. The van der Waals surface area contributed by atoms with Crippen LogP contribution in [0.1, 0.15) is 54.9 Å². The summed E-state index contributed by atoms with van der Waals surface area (Å²) in [7, 11) is 0. The fraction of sp³-hybridized carbons (Fsp3) is 0.625. The monoisotopic (exact) mass is 284 g/mol. The Hall–Kier alpha value is -1.60. The highest BCUT2D eigenvalue weighted by Gasteiger charge is 2.14. The third-order valence-corrected chi connectivity index (χ3v) is 1.62. The maximum atomic E-state index is 11.0. The van der Waals surface area contributed by atoms with E-state index in [4.69, 9.17) is 11.0 Å².